The largest absolute Gasteiger partial charge is 0.507 e. The third kappa shape index (κ3) is 3.43. The van der Waals surface area contributed by atoms with Crippen molar-refractivity contribution in [3.05, 3.63) is 65.6 Å². The van der Waals surface area contributed by atoms with Crippen LogP contribution in [0, 0.1) is 5.82 Å². The highest BCUT2D eigenvalue weighted by Gasteiger charge is 2.42. The van der Waals surface area contributed by atoms with Crippen molar-refractivity contribution in [1.29, 1.82) is 0 Å². The molecule has 2 atom stereocenters. The molecule has 29 heavy (non-hydrogen) atoms. The standard InChI is InChI=1S/C24H28FN3O/c1-2-26-14-18(24-22(26)10-19(25)11-23(24)29)8-9-27-15-21-12-20(27)16-28(21)13-17-6-4-3-5-7-17/h3-7,10-11,14,20-21,29H,2,8-9,12-13,15-16H2,1H3/t20-,21-/m1/s1. The molecule has 0 saturated carbocycles. The fourth-order valence-corrected chi connectivity index (χ4v) is 5.29. The minimum atomic E-state index is -0.385. The summed E-state index contributed by atoms with van der Waals surface area (Å²) in [5.74, 6) is -0.330. The summed E-state index contributed by atoms with van der Waals surface area (Å²) < 4.78 is 15.8. The average Bonchev–Trinajstić information content (AvgIpc) is 3.39. The molecule has 2 fully saturated rings. The number of hydrogen-bond donors (Lipinski definition) is 1. The summed E-state index contributed by atoms with van der Waals surface area (Å²) in [6, 6.07) is 14.7. The zero-order valence-electron chi connectivity index (χ0n) is 16.9. The molecule has 3 heterocycles. The van der Waals surface area contributed by atoms with E-state index < -0.39 is 0 Å². The predicted octanol–water partition coefficient (Wildman–Crippen LogP) is 4.01. The lowest BCUT2D eigenvalue weighted by Gasteiger charge is -2.34. The van der Waals surface area contributed by atoms with Gasteiger partial charge in [0.1, 0.15) is 11.6 Å². The van der Waals surface area contributed by atoms with E-state index in [0.29, 0.717) is 12.1 Å². The number of fused-ring (bicyclic) bond motifs is 3. The smallest absolute Gasteiger partial charge is 0.129 e. The second-order valence-electron chi connectivity index (χ2n) is 8.46. The Morgan fingerprint density at radius 2 is 1.83 bits per heavy atom. The number of halogens is 1. The van der Waals surface area contributed by atoms with Crippen molar-refractivity contribution < 1.29 is 9.50 Å². The number of aromatic hydroxyl groups is 1. The zero-order chi connectivity index (χ0) is 20.0. The quantitative estimate of drug-likeness (QED) is 0.687. The molecule has 0 aliphatic carbocycles. The van der Waals surface area contributed by atoms with E-state index in [1.807, 2.05) is 11.5 Å². The first-order valence-electron chi connectivity index (χ1n) is 10.6. The Morgan fingerprint density at radius 1 is 1.07 bits per heavy atom. The molecule has 0 spiro atoms. The average molecular weight is 394 g/mol. The molecule has 4 nitrogen and oxygen atoms in total. The highest BCUT2D eigenvalue weighted by molar-refractivity contribution is 5.89. The van der Waals surface area contributed by atoms with Crippen LogP contribution in [0.4, 0.5) is 4.39 Å². The van der Waals surface area contributed by atoms with Gasteiger partial charge < -0.3 is 9.67 Å². The zero-order valence-corrected chi connectivity index (χ0v) is 16.9. The molecule has 2 aliphatic rings. The van der Waals surface area contributed by atoms with Gasteiger partial charge in [-0.3, -0.25) is 9.80 Å². The van der Waals surface area contributed by atoms with Crippen molar-refractivity contribution >= 4 is 10.9 Å². The molecule has 3 aromatic rings. The molecule has 2 bridgehead atoms. The van der Waals surface area contributed by atoms with Crippen LogP contribution in [-0.2, 0) is 19.5 Å². The van der Waals surface area contributed by atoms with Gasteiger partial charge in [0.15, 0.2) is 0 Å². The van der Waals surface area contributed by atoms with Crippen molar-refractivity contribution in [3.8, 4) is 5.75 Å². The van der Waals surface area contributed by atoms with E-state index in [4.69, 9.17) is 0 Å². The number of benzene rings is 2. The Morgan fingerprint density at radius 3 is 2.55 bits per heavy atom. The van der Waals surface area contributed by atoms with Crippen LogP contribution in [0.2, 0.25) is 0 Å². The first kappa shape index (κ1) is 18.6. The van der Waals surface area contributed by atoms with E-state index in [-0.39, 0.29) is 11.6 Å². The van der Waals surface area contributed by atoms with Gasteiger partial charge in [0.2, 0.25) is 0 Å². The SMILES string of the molecule is CCn1cc(CCN2C[C@H]3C[C@@H]2CN3Cc2ccccc2)c2c(O)cc(F)cc21. The van der Waals surface area contributed by atoms with Crippen LogP contribution >= 0.6 is 0 Å². The first-order valence-corrected chi connectivity index (χ1v) is 10.6. The van der Waals surface area contributed by atoms with Gasteiger partial charge in [-0.1, -0.05) is 30.3 Å². The maximum Gasteiger partial charge on any atom is 0.129 e. The maximum absolute atomic E-state index is 13.8. The number of nitrogens with zero attached hydrogens (tertiary/aromatic N) is 3. The Hall–Kier alpha value is -2.37. The Balaban J connectivity index is 1.26. The summed E-state index contributed by atoms with van der Waals surface area (Å²) in [7, 11) is 0. The van der Waals surface area contributed by atoms with Crippen LogP contribution in [-0.4, -0.2) is 51.2 Å². The second-order valence-corrected chi connectivity index (χ2v) is 8.46. The van der Waals surface area contributed by atoms with Crippen molar-refractivity contribution in [2.45, 2.75) is 44.9 Å². The summed E-state index contributed by atoms with van der Waals surface area (Å²) in [4.78, 5) is 5.22. The molecule has 1 aromatic heterocycles. The lowest BCUT2D eigenvalue weighted by atomic mass is 10.1. The topological polar surface area (TPSA) is 31.6 Å². The normalized spacial score (nSPS) is 22.1. The molecule has 2 aromatic carbocycles. The molecule has 0 unspecified atom stereocenters. The fourth-order valence-electron chi connectivity index (χ4n) is 5.29. The van der Waals surface area contributed by atoms with Gasteiger partial charge in [-0.15, -0.1) is 0 Å². The lowest BCUT2D eigenvalue weighted by molar-refractivity contribution is 0.124. The Labute approximate surface area is 171 Å². The van der Waals surface area contributed by atoms with E-state index >= 15 is 0 Å². The summed E-state index contributed by atoms with van der Waals surface area (Å²) >= 11 is 0. The molecule has 2 saturated heterocycles. The second kappa shape index (κ2) is 7.47. The number of phenols is 1. The van der Waals surface area contributed by atoms with Gasteiger partial charge in [0.25, 0.3) is 0 Å². The van der Waals surface area contributed by atoms with Crippen LogP contribution in [0.1, 0.15) is 24.5 Å². The van der Waals surface area contributed by atoms with Gasteiger partial charge in [-0.2, -0.15) is 0 Å². The van der Waals surface area contributed by atoms with E-state index in [9.17, 15) is 9.50 Å². The summed E-state index contributed by atoms with van der Waals surface area (Å²) in [5.41, 5.74) is 3.29. The summed E-state index contributed by atoms with van der Waals surface area (Å²) in [6.07, 6.45) is 4.21. The van der Waals surface area contributed by atoms with E-state index in [1.54, 1.807) is 0 Å². The van der Waals surface area contributed by atoms with Crippen molar-refractivity contribution in [2.24, 2.45) is 0 Å². The number of hydrogen-bond acceptors (Lipinski definition) is 3. The van der Waals surface area contributed by atoms with Crippen LogP contribution in [0.25, 0.3) is 10.9 Å². The molecule has 1 N–H and O–H groups in total. The predicted molar refractivity (Wildman–Crippen MR) is 114 cm³/mol. The van der Waals surface area contributed by atoms with E-state index in [0.717, 1.165) is 55.6 Å². The van der Waals surface area contributed by atoms with Gasteiger partial charge in [-0.25, -0.2) is 4.39 Å². The van der Waals surface area contributed by atoms with Gasteiger partial charge in [-0.05, 0) is 37.0 Å². The summed E-state index contributed by atoms with van der Waals surface area (Å²) in [5, 5.41) is 11.1. The van der Waals surface area contributed by atoms with Crippen LogP contribution < -0.4 is 0 Å². The van der Waals surface area contributed by atoms with Crippen molar-refractivity contribution in [3.63, 3.8) is 0 Å². The van der Waals surface area contributed by atoms with Crippen LogP contribution in [0.5, 0.6) is 5.75 Å². The third-order valence-corrected chi connectivity index (χ3v) is 6.71. The van der Waals surface area contributed by atoms with Gasteiger partial charge >= 0.3 is 0 Å². The Bertz CT molecular complexity index is 1020. The number of likely N-dealkylation sites (tertiary alicyclic amines) is 2. The lowest BCUT2D eigenvalue weighted by Crippen LogP contribution is -2.46. The number of phenolic OH excluding ortho intramolecular Hbond substituents is 1. The van der Waals surface area contributed by atoms with E-state index in [1.165, 1.54) is 24.1 Å². The Kier molecular flexibility index (Phi) is 4.80. The number of aryl methyl sites for hydroxylation is 1. The first-order chi connectivity index (χ1) is 14.1. The van der Waals surface area contributed by atoms with Crippen LogP contribution in [0.15, 0.2) is 48.7 Å². The number of rotatable bonds is 6. The maximum atomic E-state index is 13.8. The molecule has 152 valence electrons. The summed E-state index contributed by atoms with van der Waals surface area (Å²) in [6.45, 7) is 7.09. The molecule has 0 amide bonds. The highest BCUT2D eigenvalue weighted by atomic mass is 19.1. The monoisotopic (exact) mass is 393 g/mol. The van der Waals surface area contributed by atoms with Crippen LogP contribution in [0.3, 0.4) is 0 Å². The molecular weight excluding hydrogens is 365 g/mol. The third-order valence-electron chi connectivity index (χ3n) is 6.71. The molecule has 0 radical (unpaired) electrons. The minimum absolute atomic E-state index is 0.0548. The molecule has 2 aliphatic heterocycles. The van der Waals surface area contributed by atoms with Gasteiger partial charge in [0.05, 0.1) is 5.52 Å². The molecular formula is C24H28FN3O. The van der Waals surface area contributed by atoms with Crippen molar-refractivity contribution in [1.82, 2.24) is 14.4 Å². The highest BCUT2D eigenvalue weighted by Crippen LogP contribution is 2.34. The van der Waals surface area contributed by atoms with Gasteiger partial charge in [0, 0.05) is 62.5 Å². The fraction of sp³-hybridized carbons (Fsp3) is 0.417. The number of aromatic nitrogens is 1. The minimum Gasteiger partial charge on any atom is -0.507 e. The van der Waals surface area contributed by atoms with E-state index in [2.05, 4.69) is 46.3 Å². The number of piperazine rings is 1. The molecule has 5 heteroatoms. The molecule has 5 rings (SSSR count). The van der Waals surface area contributed by atoms with Crippen molar-refractivity contribution in [2.75, 3.05) is 19.6 Å².